The van der Waals surface area contributed by atoms with Gasteiger partial charge < -0.3 is 15.2 Å². The predicted octanol–water partition coefficient (Wildman–Crippen LogP) is -0.0147. The molecule has 0 bridgehead atoms. The van der Waals surface area contributed by atoms with Crippen LogP contribution >= 0.6 is 0 Å². The summed E-state index contributed by atoms with van der Waals surface area (Å²) in [7, 11) is 0. The lowest BCUT2D eigenvalue weighted by Gasteiger charge is -2.46. The summed E-state index contributed by atoms with van der Waals surface area (Å²) in [6, 6.07) is 0. The lowest BCUT2D eigenvalue weighted by molar-refractivity contribution is 0.00464. The molecule has 1 aliphatic rings. The topological polar surface area (TPSA) is 94.9 Å². The van der Waals surface area contributed by atoms with E-state index in [0.29, 0.717) is 17.0 Å². The third kappa shape index (κ3) is 1.37. The molecule has 1 saturated carbocycles. The zero-order chi connectivity index (χ0) is 11.9. The molecule has 0 spiro atoms. The van der Waals surface area contributed by atoms with Gasteiger partial charge in [-0.15, -0.1) is 0 Å². The maximum atomic E-state index is 9.60. The first kappa shape index (κ1) is 10.6. The van der Waals surface area contributed by atoms with Gasteiger partial charge in [0.15, 0.2) is 5.65 Å². The van der Waals surface area contributed by atoms with Crippen molar-refractivity contribution in [2.45, 2.75) is 18.3 Å². The summed E-state index contributed by atoms with van der Waals surface area (Å²) in [5.74, 6) is 0.648. The van der Waals surface area contributed by atoms with Crippen molar-refractivity contribution in [3.05, 3.63) is 18.3 Å². The molecule has 2 aromatic heterocycles. The highest BCUT2D eigenvalue weighted by Gasteiger charge is 2.49. The monoisotopic (exact) mass is 234 g/mol. The van der Waals surface area contributed by atoms with Crippen LogP contribution in [0.25, 0.3) is 11.2 Å². The molecule has 3 rings (SSSR count). The van der Waals surface area contributed by atoms with Gasteiger partial charge in [-0.2, -0.15) is 0 Å². The van der Waals surface area contributed by atoms with Crippen molar-refractivity contribution in [1.82, 2.24) is 19.9 Å². The fourth-order valence-corrected chi connectivity index (χ4v) is 2.52. The second kappa shape index (κ2) is 3.75. The van der Waals surface area contributed by atoms with E-state index < -0.39 is 5.41 Å². The maximum absolute atomic E-state index is 9.60. The van der Waals surface area contributed by atoms with Crippen LogP contribution in [0.2, 0.25) is 0 Å². The van der Waals surface area contributed by atoms with Crippen LogP contribution in [0.15, 0.2) is 12.5 Å². The van der Waals surface area contributed by atoms with Crippen LogP contribution in [-0.2, 0) is 5.41 Å². The Morgan fingerprint density at radius 3 is 2.94 bits per heavy atom. The molecule has 2 atom stereocenters. The molecule has 1 aliphatic carbocycles. The van der Waals surface area contributed by atoms with E-state index in [1.54, 1.807) is 12.5 Å². The van der Waals surface area contributed by atoms with Gasteiger partial charge in [-0.05, 0) is 18.8 Å². The highest BCUT2D eigenvalue weighted by atomic mass is 16.3. The number of fused-ring (bicyclic) bond motifs is 1. The van der Waals surface area contributed by atoms with Gasteiger partial charge in [0.05, 0.1) is 24.5 Å². The number of hydrogen-bond acceptors (Lipinski definition) is 5. The van der Waals surface area contributed by atoms with E-state index in [0.717, 1.165) is 12.8 Å². The fourth-order valence-electron chi connectivity index (χ4n) is 2.52. The van der Waals surface area contributed by atoms with E-state index in [1.807, 2.05) is 0 Å². The minimum Gasteiger partial charge on any atom is -0.396 e. The van der Waals surface area contributed by atoms with E-state index in [4.69, 9.17) is 0 Å². The van der Waals surface area contributed by atoms with Crippen LogP contribution in [0.3, 0.4) is 0 Å². The van der Waals surface area contributed by atoms with Crippen molar-refractivity contribution < 1.29 is 10.2 Å². The van der Waals surface area contributed by atoms with Gasteiger partial charge in [0.2, 0.25) is 0 Å². The predicted molar refractivity (Wildman–Crippen MR) is 60.3 cm³/mol. The number of aliphatic hydroxyl groups excluding tert-OH is 2. The molecule has 1 fully saturated rings. The van der Waals surface area contributed by atoms with Crippen LogP contribution in [0.5, 0.6) is 0 Å². The molecular formula is C11H14N4O2. The molecule has 2 aromatic rings. The normalized spacial score (nSPS) is 28.2. The molecule has 2 unspecified atom stereocenters. The van der Waals surface area contributed by atoms with Crippen molar-refractivity contribution in [2.24, 2.45) is 5.92 Å². The van der Waals surface area contributed by atoms with Crippen molar-refractivity contribution in [3.63, 3.8) is 0 Å². The fraction of sp³-hybridized carbons (Fsp3) is 0.545. The highest BCUT2D eigenvalue weighted by Crippen LogP contribution is 2.46. The SMILES string of the molecule is OCC1CCC1(CO)c1ncc2nc[nH]c2n1. The van der Waals surface area contributed by atoms with Crippen molar-refractivity contribution in [2.75, 3.05) is 13.2 Å². The Labute approximate surface area is 97.8 Å². The Kier molecular flexibility index (Phi) is 2.34. The molecule has 0 amide bonds. The van der Waals surface area contributed by atoms with Gasteiger partial charge in [-0.25, -0.2) is 15.0 Å². The van der Waals surface area contributed by atoms with Gasteiger partial charge in [0.1, 0.15) is 11.3 Å². The Balaban J connectivity index is 2.06. The number of H-pyrrole nitrogens is 1. The summed E-state index contributed by atoms with van der Waals surface area (Å²) in [4.78, 5) is 15.7. The number of imidazole rings is 1. The summed E-state index contributed by atoms with van der Waals surface area (Å²) >= 11 is 0. The smallest absolute Gasteiger partial charge is 0.160 e. The van der Waals surface area contributed by atoms with Crippen LogP contribution in [0.4, 0.5) is 0 Å². The molecule has 0 saturated heterocycles. The van der Waals surface area contributed by atoms with Crippen molar-refractivity contribution in [3.8, 4) is 0 Å². The number of nitrogens with zero attached hydrogens (tertiary/aromatic N) is 3. The Hall–Kier alpha value is -1.53. The third-order valence-corrected chi connectivity index (χ3v) is 3.84. The number of aromatic nitrogens is 4. The first-order valence-corrected chi connectivity index (χ1v) is 5.68. The van der Waals surface area contributed by atoms with Crippen LogP contribution < -0.4 is 0 Å². The zero-order valence-electron chi connectivity index (χ0n) is 9.30. The van der Waals surface area contributed by atoms with Gasteiger partial charge in [0.25, 0.3) is 0 Å². The third-order valence-electron chi connectivity index (χ3n) is 3.84. The Morgan fingerprint density at radius 1 is 1.41 bits per heavy atom. The first-order valence-electron chi connectivity index (χ1n) is 5.68. The summed E-state index contributed by atoms with van der Waals surface area (Å²) < 4.78 is 0. The largest absolute Gasteiger partial charge is 0.396 e. The lowest BCUT2D eigenvalue weighted by Crippen LogP contribution is -2.50. The number of aliphatic hydroxyl groups is 2. The average Bonchev–Trinajstić information content (AvgIpc) is 2.77. The Morgan fingerprint density at radius 2 is 2.29 bits per heavy atom. The second-order valence-electron chi connectivity index (χ2n) is 4.56. The zero-order valence-corrected chi connectivity index (χ0v) is 9.30. The van der Waals surface area contributed by atoms with Crippen molar-refractivity contribution >= 4 is 11.2 Å². The molecule has 90 valence electrons. The van der Waals surface area contributed by atoms with E-state index in [-0.39, 0.29) is 19.1 Å². The second-order valence-corrected chi connectivity index (χ2v) is 4.56. The average molecular weight is 234 g/mol. The molecule has 3 N–H and O–H groups in total. The summed E-state index contributed by atoms with van der Waals surface area (Å²) in [6.07, 6.45) is 4.94. The van der Waals surface area contributed by atoms with E-state index in [9.17, 15) is 10.2 Å². The summed E-state index contributed by atoms with van der Waals surface area (Å²) in [5, 5.41) is 18.9. The van der Waals surface area contributed by atoms with Crippen LogP contribution in [-0.4, -0.2) is 43.4 Å². The van der Waals surface area contributed by atoms with Crippen molar-refractivity contribution in [1.29, 1.82) is 0 Å². The molecule has 6 heteroatoms. The standard InChI is InChI=1S/C11H14N4O2/c16-4-7-1-2-11(7,5-17)10-12-3-8-9(15-10)14-6-13-8/h3,6-7,16-17H,1-2,4-5H2,(H,12,13,14,15). The van der Waals surface area contributed by atoms with Crippen LogP contribution in [0.1, 0.15) is 18.7 Å². The van der Waals surface area contributed by atoms with Gasteiger partial charge in [0, 0.05) is 6.61 Å². The molecule has 17 heavy (non-hydrogen) atoms. The van der Waals surface area contributed by atoms with Gasteiger partial charge in [-0.1, -0.05) is 0 Å². The molecule has 2 heterocycles. The maximum Gasteiger partial charge on any atom is 0.160 e. The number of rotatable bonds is 3. The lowest BCUT2D eigenvalue weighted by atomic mass is 9.60. The van der Waals surface area contributed by atoms with E-state index >= 15 is 0 Å². The quantitative estimate of drug-likeness (QED) is 0.694. The number of nitrogens with one attached hydrogen (secondary N) is 1. The Bertz CT molecular complexity index is 535. The first-order chi connectivity index (χ1) is 8.30. The number of hydrogen-bond donors (Lipinski definition) is 3. The summed E-state index contributed by atoms with van der Waals surface area (Å²) in [5.41, 5.74) is 0.904. The minimum absolute atomic E-state index is 0.0299. The van der Waals surface area contributed by atoms with E-state index in [2.05, 4.69) is 19.9 Å². The highest BCUT2D eigenvalue weighted by molar-refractivity contribution is 5.68. The van der Waals surface area contributed by atoms with E-state index in [1.165, 1.54) is 0 Å². The molecule has 0 aromatic carbocycles. The summed E-state index contributed by atoms with van der Waals surface area (Å²) in [6.45, 7) is 0.0306. The van der Waals surface area contributed by atoms with Crippen LogP contribution in [0, 0.1) is 5.92 Å². The molecule has 0 radical (unpaired) electrons. The molecular weight excluding hydrogens is 220 g/mol. The minimum atomic E-state index is -0.478. The van der Waals surface area contributed by atoms with Gasteiger partial charge >= 0.3 is 0 Å². The van der Waals surface area contributed by atoms with Gasteiger partial charge in [-0.3, -0.25) is 0 Å². The number of aromatic amines is 1. The molecule has 6 nitrogen and oxygen atoms in total. The molecule has 0 aliphatic heterocycles.